The number of anilines is 5. The van der Waals surface area contributed by atoms with Crippen LogP contribution in [0.25, 0.3) is 60.6 Å². The molecule has 3 amide bonds. The van der Waals surface area contributed by atoms with Gasteiger partial charge in [0.2, 0.25) is 0 Å². The highest BCUT2D eigenvalue weighted by molar-refractivity contribution is 9.10. The van der Waals surface area contributed by atoms with Gasteiger partial charge in [-0.3, -0.25) is 0 Å². The Morgan fingerprint density at radius 1 is 0.451 bits per heavy atom. The number of benzene rings is 3. The third kappa shape index (κ3) is 26.3. The van der Waals surface area contributed by atoms with Crippen molar-refractivity contribution in [3.8, 4) is 17.1 Å². The zero-order chi connectivity index (χ0) is 97.0. The summed E-state index contributed by atoms with van der Waals surface area (Å²) < 4.78 is 23.4. The number of carbonyl (C=O) groups excluding carboxylic acids is 3. The highest BCUT2D eigenvalue weighted by atomic mass is 79.9. The molecule has 1 N–H and O–H groups in total. The molecule has 3 atom stereocenters. The van der Waals surface area contributed by atoms with Gasteiger partial charge < -0.3 is 58.7 Å². The second kappa shape index (κ2) is 45.6. The number of hydrogen-bond acceptors (Lipinski definition) is 22. The summed E-state index contributed by atoms with van der Waals surface area (Å²) in [6, 6.07) is 23.0. The van der Waals surface area contributed by atoms with Gasteiger partial charge in [-0.25, -0.2) is 57.4 Å². The van der Waals surface area contributed by atoms with Crippen LogP contribution in [0.4, 0.5) is 43.5 Å². The molecule has 0 spiro atoms. The van der Waals surface area contributed by atoms with Crippen LogP contribution in [-0.4, -0.2) is 216 Å². The van der Waals surface area contributed by atoms with Crippen LogP contribution in [-0.2, 0) is 14.2 Å². The molecule has 0 bridgehead atoms. The predicted octanol–water partition coefficient (Wildman–Crippen LogP) is 21.9. The molecule has 3 aromatic carbocycles. The summed E-state index contributed by atoms with van der Waals surface area (Å²) in [6.07, 6.45) is 10.8. The molecule has 6 aliphatic heterocycles. The second-order valence-electron chi connectivity index (χ2n) is 38.8. The van der Waals surface area contributed by atoms with E-state index in [4.69, 9.17) is 76.1 Å². The van der Waals surface area contributed by atoms with Crippen molar-refractivity contribution >= 4 is 159 Å². The number of ether oxygens (including phenoxy) is 3. The standard InChI is InChI=1S/C32H43ClN6O3.C31H40BrClN6O3.C26H30BrCl2N5O3.C5H11N.C3H7N3/c1-20(2)23-17-21(3)11-12-26(23)39-28-24(18-25(33)29(34-28)36-13-9-8-10-14-36)27(35-30(39)40)38-16-15-37(19-22(38)4)31(41)42-32(5,6)7;1-19(2)22-16-21(32)10-11-25(22)39-27-23(17-24(33)28(34-27)36-12-8-7-9-13-36)26(35-29(39)40)38-15-14-37(18-20(38)3)30(41)42-31(4,5)6;1-14(2)17-11-16(27)7-8-20(17)34-23-18(12-19(28)21(29)30-23)22(31-24(34)35)33-10-9-32(13-15(33)3)25(36)37-26(4,5)6;1-2-4-6-5-3-1;1-2-3-5-6-4/h11-12,17-18,20,22H,8-10,13-16,19H2,1-7H3;10-11,16-17,19-20H,7-9,12-15,18H2,1-6H3;7-8,11-12,14-15H,9-10,13H2,1-6H3;6H,1-5H2;2-3H2,1H3/t22-;20-;15-;;/m000../s1. The zero-order valence-electron chi connectivity index (χ0n) is 80.7. The monoisotopic (exact) mass is 2030 g/mol. The van der Waals surface area contributed by atoms with Crippen molar-refractivity contribution in [1.29, 1.82) is 0 Å². The maximum Gasteiger partial charge on any atom is 0.410 e. The van der Waals surface area contributed by atoms with Crippen molar-refractivity contribution in [3.63, 3.8) is 0 Å². The second-order valence-corrected chi connectivity index (χ2v) is 42.2. The molecule has 6 aliphatic rings. The number of fused-ring (bicyclic) bond motifs is 3. The van der Waals surface area contributed by atoms with E-state index < -0.39 is 28.2 Å². The third-order valence-electron chi connectivity index (χ3n) is 23.6. The summed E-state index contributed by atoms with van der Waals surface area (Å²) in [7, 11) is 0. The number of piperidine rings is 3. The van der Waals surface area contributed by atoms with Crippen LogP contribution in [0.5, 0.6) is 0 Å². The number of azide groups is 1. The summed E-state index contributed by atoms with van der Waals surface area (Å²) in [6.45, 7) is 50.1. The lowest BCUT2D eigenvalue weighted by atomic mass is 9.98. The molecule has 0 saturated carbocycles. The van der Waals surface area contributed by atoms with Gasteiger partial charge in [-0.15, -0.1) is 0 Å². The van der Waals surface area contributed by atoms with Gasteiger partial charge in [0.1, 0.15) is 51.0 Å². The average molecular weight is 2040 g/mol. The fourth-order valence-electron chi connectivity index (χ4n) is 17.2. The van der Waals surface area contributed by atoms with Crippen LogP contribution in [0.15, 0.2) is 101 Å². The summed E-state index contributed by atoms with van der Waals surface area (Å²) in [4.78, 5) is 127. The largest absolute Gasteiger partial charge is 0.444 e. The van der Waals surface area contributed by atoms with E-state index >= 15 is 0 Å². The molecule has 133 heavy (non-hydrogen) atoms. The summed E-state index contributed by atoms with van der Waals surface area (Å²) >= 11 is 33.7. The van der Waals surface area contributed by atoms with E-state index in [2.05, 4.69) is 141 Å². The van der Waals surface area contributed by atoms with Gasteiger partial charge in [0.25, 0.3) is 0 Å². The quantitative estimate of drug-likeness (QED) is 0.0368. The minimum Gasteiger partial charge on any atom is -0.444 e. The Balaban J connectivity index is 0.000000180. The van der Waals surface area contributed by atoms with E-state index in [-0.39, 0.29) is 70.0 Å². The van der Waals surface area contributed by atoms with E-state index in [1.54, 1.807) is 29.9 Å². The lowest BCUT2D eigenvalue weighted by Gasteiger charge is -2.41. The number of carbonyl (C=O) groups is 3. The first-order valence-electron chi connectivity index (χ1n) is 46.6. The first-order valence-corrected chi connectivity index (χ1v) is 49.7. The molecular weight excluding hydrogens is 1900 g/mol. The van der Waals surface area contributed by atoms with Gasteiger partial charge >= 0.3 is 35.3 Å². The van der Waals surface area contributed by atoms with E-state index in [0.717, 1.165) is 101 Å². The molecule has 6 fully saturated rings. The normalized spacial score (nSPS) is 17.5. The molecule has 0 unspecified atom stereocenters. The van der Waals surface area contributed by atoms with Crippen molar-refractivity contribution in [2.75, 3.05) is 129 Å². The first-order chi connectivity index (χ1) is 62.8. The minimum absolute atomic E-state index is 0.102. The van der Waals surface area contributed by atoms with E-state index in [9.17, 15) is 28.8 Å². The summed E-state index contributed by atoms with van der Waals surface area (Å²) in [5, 5.41) is 10.0. The Bertz CT molecular complexity index is 5650. The van der Waals surface area contributed by atoms with E-state index in [1.165, 1.54) is 49.8 Å². The highest BCUT2D eigenvalue weighted by Gasteiger charge is 2.38. The molecule has 12 heterocycles. The minimum atomic E-state index is -0.580. The lowest BCUT2D eigenvalue weighted by Crippen LogP contribution is -2.55. The molecule has 9 aromatic rings. The van der Waals surface area contributed by atoms with Gasteiger partial charge in [0.15, 0.2) is 16.9 Å². The van der Waals surface area contributed by atoms with Crippen LogP contribution in [0, 0.1) is 6.92 Å². The Labute approximate surface area is 818 Å². The summed E-state index contributed by atoms with van der Waals surface area (Å²) in [5.74, 6) is 3.42. The lowest BCUT2D eigenvalue weighted by molar-refractivity contribution is 0.0208. The van der Waals surface area contributed by atoms with Crippen molar-refractivity contribution in [1.82, 2.24) is 63.6 Å². The topological polar surface area (TPSA) is 309 Å². The number of nitrogens with one attached hydrogen (secondary N) is 1. The number of piperazine rings is 3. The van der Waals surface area contributed by atoms with Gasteiger partial charge in [-0.05, 0) is 255 Å². The van der Waals surface area contributed by atoms with Crippen molar-refractivity contribution in [3.05, 3.63) is 166 Å². The van der Waals surface area contributed by atoms with Gasteiger partial charge in [0, 0.05) is 124 Å². The highest BCUT2D eigenvalue weighted by Crippen LogP contribution is 2.41. The van der Waals surface area contributed by atoms with Crippen LogP contribution < -0.4 is 46.9 Å². The third-order valence-corrected chi connectivity index (χ3v) is 25.9. The number of rotatable bonds is 13. The molecule has 0 radical (unpaired) electrons. The number of pyridine rings is 3. The number of nitrogens with zero attached hydrogens (tertiary/aromatic N) is 20. The summed E-state index contributed by atoms with van der Waals surface area (Å²) in [5.41, 5.74) is 12.5. The molecule has 30 nitrogen and oxygen atoms in total. The molecule has 15 rings (SSSR count). The Morgan fingerprint density at radius 2 is 0.774 bits per heavy atom. The SMILES string of the molecule is C1CCNCC1.CC(C)c1cc(Br)ccc1-n1c(=O)nc(N2CCN(C(=O)OC(C)(C)C)C[C@@H]2C)c2cc(Cl)c(Cl)nc21.CC(C)c1cc(Br)ccc1-n1c(=O)nc(N2CCN(C(=O)OC(C)(C)C)C[C@@H]2C)c2cc(Cl)c(N3CCCCC3)nc21.CCCN=[N+]=[N-].Cc1ccc(-n2c(=O)nc(N3CCN(C(=O)OC(C)(C)C)C[C@@H]3C)c3cc(Cl)c(N4CCCCC4)nc32)c(C(C)C)c1. The fraction of sp³-hybridized carbons (Fsp3) is 0.567. The molecular formula is C97H131Br2Cl4N21O9. The maximum absolute atomic E-state index is 14.0. The Kier molecular flexibility index (Phi) is 35.7. The van der Waals surface area contributed by atoms with Gasteiger partial charge in [-0.1, -0.05) is 162 Å². The molecule has 720 valence electrons. The first kappa shape index (κ1) is 104. The predicted molar refractivity (Wildman–Crippen MR) is 545 cm³/mol. The van der Waals surface area contributed by atoms with Crippen molar-refractivity contribution in [2.24, 2.45) is 5.11 Å². The Morgan fingerprint density at radius 3 is 1.07 bits per heavy atom. The number of aromatic nitrogens is 9. The van der Waals surface area contributed by atoms with Crippen LogP contribution >= 0.6 is 78.3 Å². The number of hydrogen-bond donors (Lipinski definition) is 1. The average Bonchev–Trinajstić information content (AvgIpc) is 0.759. The number of aryl methyl sites for hydroxylation is 1. The van der Waals surface area contributed by atoms with Crippen LogP contribution in [0.1, 0.15) is 236 Å². The number of halogens is 6. The molecule has 36 heteroatoms. The molecule has 6 saturated heterocycles. The van der Waals surface area contributed by atoms with Gasteiger partial charge in [0.05, 0.1) is 48.3 Å². The molecule has 6 aromatic heterocycles. The zero-order valence-corrected chi connectivity index (χ0v) is 86.9. The van der Waals surface area contributed by atoms with E-state index in [1.807, 2.05) is 156 Å². The van der Waals surface area contributed by atoms with Crippen molar-refractivity contribution in [2.45, 2.75) is 255 Å². The molecule has 0 aliphatic carbocycles. The Hall–Kier alpha value is -9.27. The van der Waals surface area contributed by atoms with Crippen molar-refractivity contribution < 1.29 is 28.6 Å². The van der Waals surface area contributed by atoms with Crippen LogP contribution in [0.2, 0.25) is 20.2 Å². The van der Waals surface area contributed by atoms with Gasteiger partial charge in [-0.2, -0.15) is 15.0 Å². The van der Waals surface area contributed by atoms with Crippen LogP contribution in [0.3, 0.4) is 0 Å². The maximum atomic E-state index is 14.0. The fourth-order valence-corrected chi connectivity index (χ4v) is 18.8. The van der Waals surface area contributed by atoms with E-state index in [0.29, 0.717) is 143 Å². The smallest absolute Gasteiger partial charge is 0.410 e. The number of amides is 3.